The molecule has 6 nitrogen and oxygen atoms in total. The predicted octanol–water partition coefficient (Wildman–Crippen LogP) is 1.59. The Labute approximate surface area is 127 Å². The summed E-state index contributed by atoms with van der Waals surface area (Å²) < 4.78 is 1.34. The third kappa shape index (κ3) is 1.84. The van der Waals surface area contributed by atoms with E-state index in [1.165, 1.54) is 4.68 Å². The second-order valence-corrected chi connectivity index (χ2v) is 5.67. The van der Waals surface area contributed by atoms with E-state index in [9.17, 15) is 4.79 Å². The van der Waals surface area contributed by atoms with Gasteiger partial charge in [-0.3, -0.25) is 4.79 Å². The lowest BCUT2D eigenvalue weighted by Crippen LogP contribution is -2.23. The number of carbonyl (C=O) groups excluding carboxylic acids is 1. The van der Waals surface area contributed by atoms with Gasteiger partial charge in [0.2, 0.25) is 0 Å². The van der Waals surface area contributed by atoms with Crippen LogP contribution < -0.4 is 11.1 Å². The highest BCUT2D eigenvalue weighted by molar-refractivity contribution is 6.08. The Balaban J connectivity index is 1.85. The largest absolute Gasteiger partial charge is 0.383 e. The first kappa shape index (κ1) is 13.1. The summed E-state index contributed by atoms with van der Waals surface area (Å²) in [4.78, 5) is 16.1. The number of hydrogen-bond donors (Lipinski definition) is 3. The van der Waals surface area contributed by atoms with Crippen LogP contribution in [0.1, 0.15) is 27.3 Å². The van der Waals surface area contributed by atoms with Crippen LogP contribution in [0.3, 0.4) is 0 Å². The van der Waals surface area contributed by atoms with Gasteiger partial charge in [-0.1, -0.05) is 6.07 Å². The minimum Gasteiger partial charge on any atom is -0.383 e. The maximum Gasteiger partial charge on any atom is 0.280 e. The number of fused-ring (bicyclic) bond motifs is 2. The lowest BCUT2D eigenvalue weighted by molar-refractivity contribution is 0.0949. The van der Waals surface area contributed by atoms with Crippen LogP contribution in [0, 0.1) is 6.92 Å². The number of nitrogen functional groups attached to an aromatic ring is 1. The second-order valence-electron chi connectivity index (χ2n) is 5.67. The molecule has 6 heteroatoms. The Morgan fingerprint density at radius 1 is 1.41 bits per heavy atom. The average molecular weight is 295 g/mol. The van der Waals surface area contributed by atoms with Crippen LogP contribution in [0.15, 0.2) is 24.3 Å². The molecular weight excluding hydrogens is 278 g/mol. The summed E-state index contributed by atoms with van der Waals surface area (Å²) in [6, 6.07) is 7.62. The van der Waals surface area contributed by atoms with Crippen LogP contribution in [0.4, 0.5) is 5.82 Å². The summed E-state index contributed by atoms with van der Waals surface area (Å²) >= 11 is 0. The Morgan fingerprint density at radius 3 is 3.09 bits per heavy atom. The highest BCUT2D eigenvalue weighted by Crippen LogP contribution is 2.24. The number of anilines is 1. The molecule has 0 atom stereocenters. The van der Waals surface area contributed by atoms with Crippen LogP contribution in [0.5, 0.6) is 0 Å². The van der Waals surface area contributed by atoms with Crippen molar-refractivity contribution in [2.75, 3.05) is 12.3 Å². The van der Waals surface area contributed by atoms with Gasteiger partial charge in [0, 0.05) is 41.7 Å². The number of nitrogens with two attached hydrogens (primary N) is 1. The minimum atomic E-state index is -0.184. The minimum absolute atomic E-state index is 0.184. The first-order valence-corrected chi connectivity index (χ1v) is 7.35. The van der Waals surface area contributed by atoms with Gasteiger partial charge in [0.05, 0.1) is 11.3 Å². The van der Waals surface area contributed by atoms with E-state index in [4.69, 9.17) is 5.73 Å². The maximum absolute atomic E-state index is 12.9. The zero-order valence-electron chi connectivity index (χ0n) is 12.3. The van der Waals surface area contributed by atoms with Gasteiger partial charge in [0.25, 0.3) is 5.91 Å². The molecule has 0 spiro atoms. The lowest BCUT2D eigenvalue weighted by atomic mass is 10.1. The van der Waals surface area contributed by atoms with E-state index in [-0.39, 0.29) is 5.91 Å². The fraction of sp³-hybridized carbons (Fsp3) is 0.250. The van der Waals surface area contributed by atoms with E-state index in [1.54, 1.807) is 0 Å². The first-order valence-electron chi connectivity index (χ1n) is 7.35. The van der Waals surface area contributed by atoms with Crippen molar-refractivity contribution in [3.63, 3.8) is 0 Å². The number of aromatic amines is 1. The number of rotatable bonds is 1. The van der Waals surface area contributed by atoms with Gasteiger partial charge < -0.3 is 16.0 Å². The monoisotopic (exact) mass is 295 g/mol. The number of carbonyl (C=O) groups is 1. The van der Waals surface area contributed by atoms with E-state index >= 15 is 0 Å². The van der Waals surface area contributed by atoms with Gasteiger partial charge in [0.1, 0.15) is 5.82 Å². The van der Waals surface area contributed by atoms with E-state index in [0.29, 0.717) is 17.9 Å². The number of aryl methyl sites for hydroxylation is 1. The molecule has 1 aliphatic rings. The van der Waals surface area contributed by atoms with Gasteiger partial charge in [-0.2, -0.15) is 9.78 Å². The van der Waals surface area contributed by atoms with Crippen molar-refractivity contribution in [2.24, 2.45) is 0 Å². The summed E-state index contributed by atoms with van der Waals surface area (Å²) in [6.45, 7) is 3.51. The quantitative estimate of drug-likeness (QED) is 0.636. The van der Waals surface area contributed by atoms with E-state index in [0.717, 1.165) is 40.8 Å². The van der Waals surface area contributed by atoms with Crippen molar-refractivity contribution in [1.82, 2.24) is 20.1 Å². The van der Waals surface area contributed by atoms with Crippen LogP contribution in [0.2, 0.25) is 0 Å². The first-order chi connectivity index (χ1) is 10.6. The molecule has 0 unspecified atom stereocenters. The molecule has 2 aromatic heterocycles. The van der Waals surface area contributed by atoms with Gasteiger partial charge in [-0.15, -0.1) is 0 Å². The molecular formula is C16H17N5O. The fourth-order valence-corrected chi connectivity index (χ4v) is 3.07. The third-order valence-corrected chi connectivity index (χ3v) is 4.17. The summed E-state index contributed by atoms with van der Waals surface area (Å²) in [5.74, 6) is 0.257. The van der Waals surface area contributed by atoms with Crippen LogP contribution in [0.25, 0.3) is 10.9 Å². The Hall–Kier alpha value is -2.60. The summed E-state index contributed by atoms with van der Waals surface area (Å²) in [7, 11) is 0. The maximum atomic E-state index is 12.9. The predicted molar refractivity (Wildman–Crippen MR) is 84.8 cm³/mol. The number of nitrogens with one attached hydrogen (secondary N) is 2. The molecule has 4 rings (SSSR count). The van der Waals surface area contributed by atoms with Gasteiger partial charge in [-0.05, 0) is 25.1 Å². The summed E-state index contributed by atoms with van der Waals surface area (Å²) in [5.41, 5.74) is 10.6. The van der Waals surface area contributed by atoms with Gasteiger partial charge >= 0.3 is 0 Å². The van der Waals surface area contributed by atoms with Gasteiger partial charge in [-0.25, -0.2) is 0 Å². The Kier molecular flexibility index (Phi) is 2.80. The molecule has 3 aromatic rings. The zero-order valence-corrected chi connectivity index (χ0v) is 12.3. The SMILES string of the molecule is Cc1cc2c(C(=O)n3nc4c(c3N)CNCC4)cccc2[nH]1. The molecule has 0 saturated carbocycles. The molecule has 3 heterocycles. The molecule has 4 N–H and O–H groups in total. The van der Waals surface area contributed by atoms with E-state index < -0.39 is 0 Å². The number of benzene rings is 1. The number of nitrogens with zero attached hydrogens (tertiary/aromatic N) is 2. The fourth-order valence-electron chi connectivity index (χ4n) is 3.07. The number of aromatic nitrogens is 3. The standard InChI is InChI=1S/C16H17N5O/c1-9-7-11-10(3-2-4-13(11)19-9)16(22)21-15(17)12-8-18-6-5-14(12)20-21/h2-4,7,18-19H,5-6,8,17H2,1H3. The average Bonchev–Trinajstić information content (AvgIpc) is 3.06. The van der Waals surface area contributed by atoms with E-state index in [2.05, 4.69) is 15.4 Å². The second kappa shape index (κ2) is 4.71. The third-order valence-electron chi connectivity index (χ3n) is 4.17. The lowest BCUT2D eigenvalue weighted by Gasteiger charge is -2.10. The molecule has 0 amide bonds. The normalized spacial score (nSPS) is 14.2. The Bertz CT molecular complexity index is 889. The highest BCUT2D eigenvalue weighted by atomic mass is 16.2. The molecule has 0 saturated heterocycles. The smallest absolute Gasteiger partial charge is 0.280 e. The van der Waals surface area contributed by atoms with Crippen LogP contribution >= 0.6 is 0 Å². The van der Waals surface area contributed by atoms with Crippen LogP contribution in [-0.4, -0.2) is 27.2 Å². The van der Waals surface area contributed by atoms with Crippen molar-refractivity contribution >= 4 is 22.6 Å². The van der Waals surface area contributed by atoms with Crippen molar-refractivity contribution in [1.29, 1.82) is 0 Å². The zero-order chi connectivity index (χ0) is 15.3. The topological polar surface area (TPSA) is 88.7 Å². The van der Waals surface area contributed by atoms with Gasteiger partial charge in [0.15, 0.2) is 0 Å². The number of H-pyrrole nitrogens is 1. The van der Waals surface area contributed by atoms with E-state index in [1.807, 2.05) is 31.2 Å². The highest BCUT2D eigenvalue weighted by Gasteiger charge is 2.23. The van der Waals surface area contributed by atoms with Crippen LogP contribution in [-0.2, 0) is 13.0 Å². The summed E-state index contributed by atoms with van der Waals surface area (Å²) in [6.07, 6.45) is 0.799. The summed E-state index contributed by atoms with van der Waals surface area (Å²) in [5, 5.41) is 8.59. The van der Waals surface area contributed by atoms with Crippen molar-refractivity contribution in [3.05, 3.63) is 46.8 Å². The molecule has 0 fully saturated rings. The molecule has 0 bridgehead atoms. The van der Waals surface area contributed by atoms with Crippen molar-refractivity contribution < 1.29 is 4.79 Å². The molecule has 0 radical (unpaired) electrons. The molecule has 1 aliphatic heterocycles. The Morgan fingerprint density at radius 2 is 2.27 bits per heavy atom. The molecule has 0 aliphatic carbocycles. The molecule has 22 heavy (non-hydrogen) atoms. The van der Waals surface area contributed by atoms with Crippen molar-refractivity contribution in [2.45, 2.75) is 19.9 Å². The van der Waals surface area contributed by atoms with Crippen molar-refractivity contribution in [3.8, 4) is 0 Å². The number of hydrogen-bond acceptors (Lipinski definition) is 4. The molecule has 1 aromatic carbocycles. The molecule has 112 valence electrons.